The number of pyridine rings is 1. The first-order chi connectivity index (χ1) is 13.7. The van der Waals surface area contributed by atoms with Crippen molar-refractivity contribution in [1.82, 2.24) is 29.6 Å². The minimum Gasteiger partial charge on any atom is -0.348 e. The van der Waals surface area contributed by atoms with Gasteiger partial charge in [-0.1, -0.05) is 18.2 Å². The fraction of sp³-hybridized carbons (Fsp3) is 0.318. The number of nitrogens with one attached hydrogen (secondary N) is 1. The van der Waals surface area contributed by atoms with E-state index in [0.717, 1.165) is 43.0 Å². The summed E-state index contributed by atoms with van der Waals surface area (Å²) in [5, 5.41) is 5.92. The van der Waals surface area contributed by atoms with Crippen LogP contribution in [-0.2, 0) is 19.5 Å². The van der Waals surface area contributed by atoms with E-state index in [0.29, 0.717) is 0 Å². The van der Waals surface area contributed by atoms with Crippen LogP contribution in [0.4, 0.5) is 0 Å². The molecule has 0 spiro atoms. The Kier molecular flexibility index (Phi) is 4.20. The molecule has 1 atom stereocenters. The molecule has 4 aromatic rings. The van der Waals surface area contributed by atoms with Gasteiger partial charge in [0.05, 0.1) is 29.3 Å². The molecule has 142 valence electrons. The van der Waals surface area contributed by atoms with Gasteiger partial charge in [-0.15, -0.1) is 0 Å². The van der Waals surface area contributed by atoms with Gasteiger partial charge in [0, 0.05) is 55.1 Å². The van der Waals surface area contributed by atoms with Gasteiger partial charge in [0.25, 0.3) is 0 Å². The van der Waals surface area contributed by atoms with Crippen molar-refractivity contribution in [2.24, 2.45) is 0 Å². The third-order valence-corrected chi connectivity index (χ3v) is 5.74. The number of nitrogens with zero attached hydrogens (tertiary/aromatic N) is 5. The van der Waals surface area contributed by atoms with Crippen LogP contribution < -0.4 is 0 Å². The third kappa shape index (κ3) is 2.81. The average molecular weight is 372 g/mol. The highest BCUT2D eigenvalue weighted by atomic mass is 15.3. The summed E-state index contributed by atoms with van der Waals surface area (Å²) < 4.78 is 2.02. The van der Waals surface area contributed by atoms with E-state index in [-0.39, 0.29) is 6.04 Å². The third-order valence-electron chi connectivity index (χ3n) is 5.74. The second-order valence-electron chi connectivity index (χ2n) is 7.40. The summed E-state index contributed by atoms with van der Waals surface area (Å²) in [7, 11) is 0. The van der Waals surface area contributed by atoms with Crippen LogP contribution in [0, 0.1) is 6.92 Å². The SMILES string of the molecule is CCn1cc([C@@H]2c3nc[nH]c3CCN2Cc2ccnc3ccccc23)c(C)n1. The van der Waals surface area contributed by atoms with Gasteiger partial charge in [0.15, 0.2) is 0 Å². The summed E-state index contributed by atoms with van der Waals surface area (Å²) in [4.78, 5) is 15.1. The summed E-state index contributed by atoms with van der Waals surface area (Å²) in [5.41, 5.74) is 7.03. The first kappa shape index (κ1) is 17.1. The van der Waals surface area contributed by atoms with Crippen molar-refractivity contribution in [3.8, 4) is 0 Å². The van der Waals surface area contributed by atoms with Crippen LogP contribution in [0.2, 0.25) is 0 Å². The largest absolute Gasteiger partial charge is 0.348 e. The first-order valence-corrected chi connectivity index (χ1v) is 9.87. The molecule has 0 saturated carbocycles. The molecule has 0 fully saturated rings. The molecule has 1 aliphatic heterocycles. The Bertz CT molecular complexity index is 1120. The number of aromatic nitrogens is 5. The average Bonchev–Trinajstić information content (AvgIpc) is 3.34. The fourth-order valence-corrected chi connectivity index (χ4v) is 4.31. The number of aryl methyl sites for hydroxylation is 2. The molecular weight excluding hydrogens is 348 g/mol. The zero-order valence-electron chi connectivity index (χ0n) is 16.3. The molecule has 6 nitrogen and oxygen atoms in total. The fourth-order valence-electron chi connectivity index (χ4n) is 4.31. The quantitative estimate of drug-likeness (QED) is 0.594. The molecule has 28 heavy (non-hydrogen) atoms. The van der Waals surface area contributed by atoms with E-state index >= 15 is 0 Å². The van der Waals surface area contributed by atoms with E-state index in [1.807, 2.05) is 23.3 Å². The van der Waals surface area contributed by atoms with E-state index in [4.69, 9.17) is 10.1 Å². The van der Waals surface area contributed by atoms with Crippen molar-refractivity contribution in [1.29, 1.82) is 0 Å². The zero-order chi connectivity index (χ0) is 19.1. The van der Waals surface area contributed by atoms with Crippen molar-refractivity contribution < 1.29 is 0 Å². The summed E-state index contributed by atoms with van der Waals surface area (Å²) in [6, 6.07) is 10.6. The number of H-pyrrole nitrogens is 1. The number of hydrogen-bond donors (Lipinski definition) is 1. The van der Waals surface area contributed by atoms with Gasteiger partial charge < -0.3 is 4.98 Å². The van der Waals surface area contributed by atoms with Crippen molar-refractivity contribution in [3.63, 3.8) is 0 Å². The van der Waals surface area contributed by atoms with Crippen molar-refractivity contribution in [3.05, 3.63) is 77.3 Å². The van der Waals surface area contributed by atoms with E-state index in [2.05, 4.69) is 59.2 Å². The number of benzene rings is 1. The lowest BCUT2D eigenvalue weighted by Crippen LogP contribution is -2.36. The van der Waals surface area contributed by atoms with E-state index in [9.17, 15) is 0 Å². The van der Waals surface area contributed by atoms with Gasteiger partial charge in [-0.2, -0.15) is 5.10 Å². The topological polar surface area (TPSA) is 62.6 Å². The highest BCUT2D eigenvalue weighted by Crippen LogP contribution is 2.36. The monoisotopic (exact) mass is 372 g/mol. The summed E-state index contributed by atoms with van der Waals surface area (Å²) in [6.07, 6.45) is 6.90. The van der Waals surface area contributed by atoms with Crippen LogP contribution in [0.1, 0.15) is 41.2 Å². The lowest BCUT2D eigenvalue weighted by molar-refractivity contribution is 0.200. The van der Waals surface area contributed by atoms with Gasteiger partial charge in [-0.25, -0.2) is 4.98 Å². The highest BCUT2D eigenvalue weighted by Gasteiger charge is 2.33. The van der Waals surface area contributed by atoms with Crippen LogP contribution in [0.3, 0.4) is 0 Å². The Hall–Kier alpha value is -2.99. The van der Waals surface area contributed by atoms with Gasteiger partial charge in [-0.3, -0.25) is 14.6 Å². The second kappa shape index (κ2) is 6.87. The number of rotatable bonds is 4. The molecule has 0 bridgehead atoms. The van der Waals surface area contributed by atoms with Crippen molar-refractivity contribution in [2.75, 3.05) is 6.54 Å². The van der Waals surface area contributed by atoms with Gasteiger partial charge in [0.2, 0.25) is 0 Å². The Morgan fingerprint density at radius 2 is 2.07 bits per heavy atom. The maximum atomic E-state index is 4.70. The van der Waals surface area contributed by atoms with Crippen LogP contribution >= 0.6 is 0 Å². The molecule has 0 aliphatic carbocycles. The maximum absolute atomic E-state index is 4.70. The van der Waals surface area contributed by atoms with E-state index in [1.165, 1.54) is 22.2 Å². The molecule has 6 heteroatoms. The van der Waals surface area contributed by atoms with Crippen LogP contribution in [0.15, 0.2) is 49.1 Å². The Labute approximate surface area is 164 Å². The smallest absolute Gasteiger partial charge is 0.0926 e. The Morgan fingerprint density at radius 1 is 1.18 bits per heavy atom. The van der Waals surface area contributed by atoms with Crippen LogP contribution in [0.5, 0.6) is 0 Å². The normalized spacial score (nSPS) is 17.1. The van der Waals surface area contributed by atoms with Gasteiger partial charge in [0.1, 0.15) is 0 Å². The zero-order valence-corrected chi connectivity index (χ0v) is 16.3. The van der Waals surface area contributed by atoms with Crippen LogP contribution in [-0.4, -0.2) is 36.2 Å². The lowest BCUT2D eigenvalue weighted by Gasteiger charge is -2.35. The maximum Gasteiger partial charge on any atom is 0.0926 e. The molecular formula is C22H24N6. The van der Waals surface area contributed by atoms with Gasteiger partial charge in [-0.05, 0) is 31.5 Å². The lowest BCUT2D eigenvalue weighted by atomic mass is 9.95. The minimum absolute atomic E-state index is 0.113. The summed E-state index contributed by atoms with van der Waals surface area (Å²) in [6.45, 7) is 6.93. The standard InChI is InChI=1S/C22H24N6/c1-3-28-13-18(15(2)26-28)22-21-20(24-14-25-21)9-11-27(22)12-16-8-10-23-19-7-5-4-6-17(16)19/h4-8,10,13-14,22H,3,9,11-12H2,1-2H3,(H,24,25)/t22-/m1/s1. The van der Waals surface area contributed by atoms with Crippen molar-refractivity contribution >= 4 is 10.9 Å². The number of aromatic amines is 1. The Balaban J connectivity index is 1.58. The predicted octanol–water partition coefficient (Wildman–Crippen LogP) is 3.63. The molecule has 0 unspecified atom stereocenters. The minimum atomic E-state index is 0.113. The summed E-state index contributed by atoms with van der Waals surface area (Å²) >= 11 is 0. The summed E-state index contributed by atoms with van der Waals surface area (Å²) in [5.74, 6) is 0. The van der Waals surface area contributed by atoms with Crippen molar-refractivity contribution in [2.45, 2.75) is 39.4 Å². The molecule has 1 N–H and O–H groups in total. The van der Waals surface area contributed by atoms with Gasteiger partial charge >= 0.3 is 0 Å². The molecule has 0 radical (unpaired) electrons. The molecule has 5 rings (SSSR count). The molecule has 3 aromatic heterocycles. The molecule has 0 saturated heterocycles. The molecule has 4 heterocycles. The molecule has 0 amide bonds. The highest BCUT2D eigenvalue weighted by molar-refractivity contribution is 5.81. The molecule has 1 aromatic carbocycles. The Morgan fingerprint density at radius 3 is 2.93 bits per heavy atom. The first-order valence-electron chi connectivity index (χ1n) is 9.87. The number of fused-ring (bicyclic) bond motifs is 2. The van der Waals surface area contributed by atoms with Crippen LogP contribution in [0.25, 0.3) is 10.9 Å². The van der Waals surface area contributed by atoms with E-state index in [1.54, 1.807) is 0 Å². The predicted molar refractivity (Wildman–Crippen MR) is 109 cm³/mol. The number of para-hydroxylation sites is 1. The molecule has 1 aliphatic rings. The number of imidazole rings is 1. The number of hydrogen-bond acceptors (Lipinski definition) is 4. The van der Waals surface area contributed by atoms with E-state index < -0.39 is 0 Å². The second-order valence-corrected chi connectivity index (χ2v) is 7.40.